The summed E-state index contributed by atoms with van der Waals surface area (Å²) < 4.78 is 0. The lowest BCUT2D eigenvalue weighted by Gasteiger charge is -2.19. The Bertz CT molecular complexity index is 410. The fourth-order valence-corrected chi connectivity index (χ4v) is 1.93. The highest BCUT2D eigenvalue weighted by molar-refractivity contribution is 6.34. The summed E-state index contributed by atoms with van der Waals surface area (Å²) in [7, 11) is 14.2. The van der Waals surface area contributed by atoms with Crippen LogP contribution in [0.5, 0.6) is 0 Å². The van der Waals surface area contributed by atoms with Crippen molar-refractivity contribution in [3.05, 3.63) is 28.8 Å². The van der Waals surface area contributed by atoms with Crippen LogP contribution in [0.4, 0.5) is 0 Å². The quantitative estimate of drug-likeness (QED) is 0.565. The Kier molecular flexibility index (Phi) is 5.11. The maximum absolute atomic E-state index is 11.6. The molecule has 0 unspecified atom stereocenters. The van der Waals surface area contributed by atoms with E-state index in [9.17, 15) is 4.79 Å². The number of benzene rings is 1. The Morgan fingerprint density at radius 3 is 1.72 bits per heavy atom. The molecule has 0 aliphatic heterocycles. The van der Waals surface area contributed by atoms with Gasteiger partial charge in [-0.25, -0.2) is 0 Å². The van der Waals surface area contributed by atoms with Gasteiger partial charge in [-0.2, -0.15) is 0 Å². The predicted molar refractivity (Wildman–Crippen MR) is 76.6 cm³/mol. The van der Waals surface area contributed by atoms with Crippen LogP contribution in [-0.4, -0.2) is 51.6 Å². The molecule has 0 heterocycles. The number of Topliss-reactive ketones (excluding diaryl/α,β-unsaturated/α-hetero) is 1. The highest BCUT2D eigenvalue weighted by Crippen LogP contribution is 2.11. The largest absolute Gasteiger partial charge is 0.305 e. The molecule has 1 rings (SSSR count). The van der Waals surface area contributed by atoms with Gasteiger partial charge in [-0.1, -0.05) is 5.46 Å². The Hall–Kier alpha value is -1.13. The van der Waals surface area contributed by atoms with Crippen LogP contribution < -0.4 is 5.46 Å². The molecular weight excluding hydrogens is 223 g/mol. The molecule has 0 fully saturated rings. The van der Waals surface area contributed by atoms with E-state index in [4.69, 9.17) is 7.85 Å². The lowest BCUT2D eigenvalue weighted by molar-refractivity contribution is 0.101. The summed E-state index contributed by atoms with van der Waals surface area (Å²) in [5.41, 5.74) is 3.56. The van der Waals surface area contributed by atoms with Crippen LogP contribution in [0.15, 0.2) is 12.1 Å². The molecule has 0 atom stereocenters. The number of hydrogen-bond acceptors (Lipinski definition) is 3. The molecule has 0 aliphatic rings. The van der Waals surface area contributed by atoms with E-state index in [-0.39, 0.29) is 5.78 Å². The number of hydrogen-bond donors (Lipinski definition) is 0. The summed E-state index contributed by atoms with van der Waals surface area (Å²) >= 11 is 0. The van der Waals surface area contributed by atoms with E-state index in [1.54, 1.807) is 6.92 Å². The fourth-order valence-electron chi connectivity index (χ4n) is 1.93. The number of nitrogens with zero attached hydrogens (tertiary/aromatic N) is 2. The molecule has 3 nitrogen and oxygen atoms in total. The minimum atomic E-state index is 0.0787. The lowest BCUT2D eigenvalue weighted by atomic mass is 9.83. The van der Waals surface area contributed by atoms with Crippen LogP contribution in [0.25, 0.3) is 0 Å². The molecule has 18 heavy (non-hydrogen) atoms. The molecule has 0 aromatic heterocycles. The summed E-state index contributed by atoms with van der Waals surface area (Å²) in [5, 5.41) is 0. The average Bonchev–Trinajstić information content (AvgIpc) is 2.22. The second kappa shape index (κ2) is 6.16. The third-order valence-corrected chi connectivity index (χ3v) is 2.73. The third kappa shape index (κ3) is 3.96. The Labute approximate surface area is 111 Å². The van der Waals surface area contributed by atoms with E-state index >= 15 is 0 Å². The van der Waals surface area contributed by atoms with E-state index in [0.717, 1.165) is 35.2 Å². The van der Waals surface area contributed by atoms with Crippen LogP contribution in [0.1, 0.15) is 28.4 Å². The molecule has 0 saturated heterocycles. The van der Waals surface area contributed by atoms with Gasteiger partial charge in [0.05, 0.1) is 0 Å². The van der Waals surface area contributed by atoms with Crippen molar-refractivity contribution in [2.45, 2.75) is 20.0 Å². The molecule has 0 saturated carbocycles. The van der Waals surface area contributed by atoms with Crippen molar-refractivity contribution in [2.24, 2.45) is 0 Å². The minimum Gasteiger partial charge on any atom is -0.305 e. The van der Waals surface area contributed by atoms with E-state index in [1.807, 2.05) is 40.3 Å². The van der Waals surface area contributed by atoms with Gasteiger partial charge in [-0.15, -0.1) is 0 Å². The van der Waals surface area contributed by atoms with Crippen molar-refractivity contribution in [3.8, 4) is 0 Å². The summed E-state index contributed by atoms with van der Waals surface area (Å²) in [4.78, 5) is 15.7. The van der Waals surface area contributed by atoms with Crippen molar-refractivity contribution in [3.63, 3.8) is 0 Å². The van der Waals surface area contributed by atoms with E-state index in [0.29, 0.717) is 0 Å². The Balaban J connectivity index is 3.23. The van der Waals surface area contributed by atoms with Crippen LogP contribution >= 0.6 is 0 Å². The van der Waals surface area contributed by atoms with Crippen molar-refractivity contribution in [1.29, 1.82) is 0 Å². The number of carbonyl (C=O) groups is 1. The second-order valence-corrected chi connectivity index (χ2v) is 5.24. The van der Waals surface area contributed by atoms with Crippen LogP contribution in [0.3, 0.4) is 0 Å². The van der Waals surface area contributed by atoms with Gasteiger partial charge in [0.25, 0.3) is 0 Å². The minimum absolute atomic E-state index is 0.0787. The zero-order valence-corrected chi connectivity index (χ0v) is 11.9. The Morgan fingerprint density at radius 1 is 1.06 bits per heavy atom. The monoisotopic (exact) mass is 244 g/mol. The highest BCUT2D eigenvalue weighted by atomic mass is 16.1. The van der Waals surface area contributed by atoms with Crippen molar-refractivity contribution < 1.29 is 4.79 Å². The molecule has 2 radical (unpaired) electrons. The fraction of sp³-hybridized carbons (Fsp3) is 0.500. The Morgan fingerprint density at radius 2 is 1.44 bits per heavy atom. The second-order valence-electron chi connectivity index (χ2n) is 5.24. The van der Waals surface area contributed by atoms with Gasteiger partial charge >= 0.3 is 0 Å². The van der Waals surface area contributed by atoms with Gasteiger partial charge < -0.3 is 9.80 Å². The van der Waals surface area contributed by atoms with Crippen LogP contribution in [-0.2, 0) is 13.1 Å². The first-order chi connectivity index (χ1) is 8.31. The standard InChI is InChI=1S/C14H21BN2O/c1-10(18)11-6-12(8-16(2)3)14(15)13(7-11)9-17(4)5/h6-7H,8-9H2,1-5H3. The lowest BCUT2D eigenvalue weighted by Crippen LogP contribution is -2.26. The molecule has 0 bridgehead atoms. The van der Waals surface area contributed by atoms with Crippen LogP contribution in [0, 0.1) is 0 Å². The summed E-state index contributed by atoms with van der Waals surface area (Å²) in [6.07, 6.45) is 0. The average molecular weight is 244 g/mol. The predicted octanol–water partition coefficient (Wildman–Crippen LogP) is 0.806. The molecular formula is C14H21BN2O. The normalized spacial score (nSPS) is 11.3. The van der Waals surface area contributed by atoms with E-state index < -0.39 is 0 Å². The number of ketones is 1. The molecule has 0 spiro atoms. The van der Waals surface area contributed by atoms with Gasteiger partial charge in [0.1, 0.15) is 7.85 Å². The highest BCUT2D eigenvalue weighted by Gasteiger charge is 2.10. The van der Waals surface area contributed by atoms with Gasteiger partial charge in [0.2, 0.25) is 0 Å². The van der Waals surface area contributed by atoms with E-state index in [1.165, 1.54) is 0 Å². The zero-order chi connectivity index (χ0) is 13.9. The molecule has 1 aromatic carbocycles. The molecule has 96 valence electrons. The molecule has 0 amide bonds. The maximum atomic E-state index is 11.6. The summed E-state index contributed by atoms with van der Waals surface area (Å²) in [6, 6.07) is 3.80. The van der Waals surface area contributed by atoms with E-state index in [2.05, 4.69) is 9.80 Å². The summed E-state index contributed by atoms with van der Waals surface area (Å²) in [5.74, 6) is 0.0787. The smallest absolute Gasteiger partial charge is 0.159 e. The molecule has 4 heteroatoms. The first kappa shape index (κ1) is 14.9. The molecule has 1 aromatic rings. The van der Waals surface area contributed by atoms with Crippen LogP contribution in [0.2, 0.25) is 0 Å². The van der Waals surface area contributed by atoms with Crippen molar-refractivity contribution in [1.82, 2.24) is 9.80 Å². The number of rotatable bonds is 5. The van der Waals surface area contributed by atoms with Crippen molar-refractivity contribution >= 4 is 19.1 Å². The first-order valence-corrected chi connectivity index (χ1v) is 6.03. The van der Waals surface area contributed by atoms with Gasteiger partial charge in [-0.3, -0.25) is 4.79 Å². The topological polar surface area (TPSA) is 23.6 Å². The van der Waals surface area contributed by atoms with Gasteiger partial charge in [0.15, 0.2) is 5.78 Å². The SMILES string of the molecule is [B]c1c(CN(C)C)cc(C(C)=O)cc1CN(C)C. The number of carbonyl (C=O) groups excluding carboxylic acids is 1. The molecule has 0 N–H and O–H groups in total. The molecule has 0 aliphatic carbocycles. The van der Waals surface area contributed by atoms with Gasteiger partial charge in [-0.05, 0) is 58.4 Å². The van der Waals surface area contributed by atoms with Crippen molar-refractivity contribution in [2.75, 3.05) is 28.2 Å². The maximum Gasteiger partial charge on any atom is 0.159 e. The first-order valence-electron chi connectivity index (χ1n) is 6.03. The summed E-state index contributed by atoms with van der Waals surface area (Å²) in [6.45, 7) is 3.07. The zero-order valence-electron chi connectivity index (χ0n) is 11.9. The van der Waals surface area contributed by atoms with Gasteiger partial charge in [0, 0.05) is 18.7 Å². The third-order valence-electron chi connectivity index (χ3n) is 2.73.